The molecular formula is C16H15N5O4. The summed E-state index contributed by atoms with van der Waals surface area (Å²) in [6, 6.07) is 6.22. The minimum atomic E-state index is -0.512. The monoisotopic (exact) mass is 341 g/mol. The van der Waals surface area contributed by atoms with Gasteiger partial charge in [-0.3, -0.25) is 9.59 Å². The van der Waals surface area contributed by atoms with Crippen molar-refractivity contribution in [3.8, 4) is 0 Å². The van der Waals surface area contributed by atoms with Crippen molar-refractivity contribution in [3.63, 3.8) is 0 Å². The molecule has 3 aromatic heterocycles. The van der Waals surface area contributed by atoms with Gasteiger partial charge >= 0.3 is 0 Å². The normalized spacial score (nSPS) is 11.7. The maximum absolute atomic E-state index is 11.9. The summed E-state index contributed by atoms with van der Waals surface area (Å²) in [4.78, 5) is 32.0. The van der Waals surface area contributed by atoms with Gasteiger partial charge in [-0.15, -0.1) is 0 Å². The molecule has 0 spiro atoms. The Bertz CT molecular complexity index is 845. The van der Waals surface area contributed by atoms with Crippen LogP contribution in [0.4, 0.5) is 5.82 Å². The SMILES string of the molecule is C[C@@H](NC(=O)c1ccoc1)c1nc(CC(=O)Nc2ccccn2)no1. The molecule has 25 heavy (non-hydrogen) atoms. The van der Waals surface area contributed by atoms with E-state index in [-0.39, 0.29) is 30.0 Å². The van der Waals surface area contributed by atoms with E-state index in [1.165, 1.54) is 12.5 Å². The zero-order valence-corrected chi connectivity index (χ0v) is 13.3. The minimum absolute atomic E-state index is 0.0670. The summed E-state index contributed by atoms with van der Waals surface area (Å²) in [6.45, 7) is 1.70. The zero-order valence-electron chi connectivity index (χ0n) is 13.3. The van der Waals surface area contributed by atoms with E-state index in [0.29, 0.717) is 11.4 Å². The molecule has 0 aromatic carbocycles. The van der Waals surface area contributed by atoms with E-state index in [0.717, 1.165) is 0 Å². The average molecular weight is 341 g/mol. The molecule has 0 fully saturated rings. The number of hydrogen-bond acceptors (Lipinski definition) is 7. The molecule has 128 valence electrons. The van der Waals surface area contributed by atoms with Crippen molar-refractivity contribution in [3.05, 3.63) is 60.3 Å². The van der Waals surface area contributed by atoms with Crippen molar-refractivity contribution in [2.75, 3.05) is 5.32 Å². The third kappa shape index (κ3) is 4.28. The standard InChI is InChI=1S/C16H15N5O4/c1-10(18-15(23)11-5-7-24-9-11)16-20-13(21-25-16)8-14(22)19-12-4-2-3-6-17-12/h2-7,9-10H,8H2,1H3,(H,18,23)(H,17,19,22)/t10-/m1/s1. The molecule has 1 atom stereocenters. The first-order valence-corrected chi connectivity index (χ1v) is 7.48. The molecule has 2 N–H and O–H groups in total. The van der Waals surface area contributed by atoms with Gasteiger partial charge in [0, 0.05) is 6.20 Å². The molecule has 0 unspecified atom stereocenters. The Hall–Kier alpha value is -3.49. The van der Waals surface area contributed by atoms with Gasteiger partial charge in [0.25, 0.3) is 5.91 Å². The maximum atomic E-state index is 11.9. The highest BCUT2D eigenvalue weighted by Crippen LogP contribution is 2.12. The van der Waals surface area contributed by atoms with Gasteiger partial charge in [0.2, 0.25) is 11.8 Å². The molecule has 3 rings (SSSR count). The molecule has 0 saturated carbocycles. The first-order valence-electron chi connectivity index (χ1n) is 7.48. The van der Waals surface area contributed by atoms with Crippen LogP contribution >= 0.6 is 0 Å². The van der Waals surface area contributed by atoms with Gasteiger partial charge in [-0.25, -0.2) is 4.98 Å². The molecule has 2 amide bonds. The quantitative estimate of drug-likeness (QED) is 0.700. The Morgan fingerprint density at radius 2 is 2.16 bits per heavy atom. The van der Waals surface area contributed by atoms with E-state index in [2.05, 4.69) is 25.8 Å². The zero-order chi connectivity index (χ0) is 17.6. The number of pyridine rings is 1. The lowest BCUT2D eigenvalue weighted by Crippen LogP contribution is -2.26. The van der Waals surface area contributed by atoms with E-state index >= 15 is 0 Å². The predicted octanol–water partition coefficient (Wildman–Crippen LogP) is 1.73. The van der Waals surface area contributed by atoms with E-state index in [1.807, 2.05) is 0 Å². The third-order valence-electron chi connectivity index (χ3n) is 3.24. The van der Waals surface area contributed by atoms with Crippen LogP contribution in [-0.2, 0) is 11.2 Å². The molecule has 9 nitrogen and oxygen atoms in total. The number of rotatable bonds is 6. The van der Waals surface area contributed by atoms with Gasteiger partial charge in [-0.2, -0.15) is 4.98 Å². The van der Waals surface area contributed by atoms with Gasteiger partial charge in [0.1, 0.15) is 18.1 Å². The van der Waals surface area contributed by atoms with Crippen molar-refractivity contribution in [2.45, 2.75) is 19.4 Å². The largest absolute Gasteiger partial charge is 0.472 e. The first kappa shape index (κ1) is 16.4. The molecule has 3 heterocycles. The fraction of sp³-hybridized carbons (Fsp3) is 0.188. The van der Waals surface area contributed by atoms with Crippen LogP contribution in [0.2, 0.25) is 0 Å². The number of nitrogens with one attached hydrogen (secondary N) is 2. The van der Waals surface area contributed by atoms with Crippen LogP contribution < -0.4 is 10.6 Å². The molecule has 3 aromatic rings. The fourth-order valence-corrected chi connectivity index (χ4v) is 2.02. The van der Waals surface area contributed by atoms with Gasteiger partial charge in [0.15, 0.2) is 5.82 Å². The van der Waals surface area contributed by atoms with E-state index in [1.54, 1.807) is 37.4 Å². The molecule has 0 aliphatic carbocycles. The molecule has 0 aliphatic rings. The topological polar surface area (TPSA) is 123 Å². The predicted molar refractivity (Wildman–Crippen MR) is 85.5 cm³/mol. The first-order chi connectivity index (χ1) is 12.1. The highest BCUT2D eigenvalue weighted by Gasteiger charge is 2.19. The number of aromatic nitrogens is 3. The number of amides is 2. The Morgan fingerprint density at radius 3 is 2.88 bits per heavy atom. The Balaban J connectivity index is 1.56. The smallest absolute Gasteiger partial charge is 0.255 e. The number of carbonyl (C=O) groups is 2. The number of anilines is 1. The van der Waals surface area contributed by atoms with Crippen LogP contribution in [0.5, 0.6) is 0 Å². The highest BCUT2D eigenvalue weighted by atomic mass is 16.5. The summed E-state index contributed by atoms with van der Waals surface area (Å²) in [7, 11) is 0. The molecule has 0 radical (unpaired) electrons. The lowest BCUT2D eigenvalue weighted by Gasteiger charge is -2.07. The van der Waals surface area contributed by atoms with Gasteiger partial charge in [-0.1, -0.05) is 11.2 Å². The molecular weight excluding hydrogens is 326 g/mol. The molecule has 0 aliphatic heterocycles. The van der Waals surface area contributed by atoms with E-state index < -0.39 is 6.04 Å². The lowest BCUT2D eigenvalue weighted by atomic mass is 10.2. The van der Waals surface area contributed by atoms with Crippen LogP contribution in [0.3, 0.4) is 0 Å². The Labute approximate surface area is 142 Å². The van der Waals surface area contributed by atoms with Crippen LogP contribution in [-0.4, -0.2) is 26.9 Å². The summed E-state index contributed by atoms with van der Waals surface area (Å²) in [5.41, 5.74) is 0.390. The summed E-state index contributed by atoms with van der Waals surface area (Å²) in [5.74, 6) is 0.220. The lowest BCUT2D eigenvalue weighted by molar-refractivity contribution is -0.115. The summed E-state index contributed by atoms with van der Waals surface area (Å²) >= 11 is 0. The van der Waals surface area contributed by atoms with Crippen molar-refractivity contribution in [1.29, 1.82) is 0 Å². The van der Waals surface area contributed by atoms with E-state index in [4.69, 9.17) is 8.94 Å². The van der Waals surface area contributed by atoms with Gasteiger partial charge < -0.3 is 19.6 Å². The van der Waals surface area contributed by atoms with Crippen LogP contribution in [0.25, 0.3) is 0 Å². The van der Waals surface area contributed by atoms with Crippen LogP contribution in [0.1, 0.15) is 35.0 Å². The number of nitrogens with zero attached hydrogens (tertiary/aromatic N) is 3. The summed E-state index contributed by atoms with van der Waals surface area (Å²) in [5, 5.41) is 9.08. The second-order valence-electron chi connectivity index (χ2n) is 5.20. The second kappa shape index (κ2) is 7.39. The Kier molecular flexibility index (Phi) is 4.84. The Morgan fingerprint density at radius 1 is 1.28 bits per heavy atom. The van der Waals surface area contributed by atoms with Crippen molar-refractivity contribution in [2.24, 2.45) is 0 Å². The van der Waals surface area contributed by atoms with E-state index in [9.17, 15) is 9.59 Å². The molecule has 9 heteroatoms. The van der Waals surface area contributed by atoms with Crippen LogP contribution in [0.15, 0.2) is 51.9 Å². The van der Waals surface area contributed by atoms with Crippen molar-refractivity contribution < 1.29 is 18.5 Å². The third-order valence-corrected chi connectivity index (χ3v) is 3.24. The van der Waals surface area contributed by atoms with Gasteiger partial charge in [-0.05, 0) is 25.1 Å². The average Bonchev–Trinajstić information content (AvgIpc) is 3.27. The fourth-order valence-electron chi connectivity index (χ4n) is 2.02. The second-order valence-corrected chi connectivity index (χ2v) is 5.20. The number of hydrogen-bond donors (Lipinski definition) is 2. The number of carbonyl (C=O) groups excluding carboxylic acids is 2. The minimum Gasteiger partial charge on any atom is -0.472 e. The maximum Gasteiger partial charge on any atom is 0.255 e. The van der Waals surface area contributed by atoms with Crippen molar-refractivity contribution >= 4 is 17.6 Å². The van der Waals surface area contributed by atoms with Crippen LogP contribution in [0, 0.1) is 0 Å². The molecule has 0 bridgehead atoms. The summed E-state index contributed by atoms with van der Waals surface area (Å²) in [6.07, 6.45) is 4.25. The molecule has 0 saturated heterocycles. The number of furan rings is 1. The van der Waals surface area contributed by atoms with Crippen molar-refractivity contribution in [1.82, 2.24) is 20.4 Å². The van der Waals surface area contributed by atoms with Gasteiger partial charge in [0.05, 0.1) is 18.2 Å². The highest BCUT2D eigenvalue weighted by molar-refractivity contribution is 5.94. The summed E-state index contributed by atoms with van der Waals surface area (Å²) < 4.78 is 9.96.